The van der Waals surface area contributed by atoms with E-state index < -0.39 is 5.82 Å². The molecule has 0 saturated heterocycles. The number of aromatic nitrogens is 1. The highest BCUT2D eigenvalue weighted by atomic mass is 79.9. The molecule has 0 bridgehead atoms. The van der Waals surface area contributed by atoms with Gasteiger partial charge in [-0.3, -0.25) is 9.78 Å². The minimum Gasteiger partial charge on any atom is -0.331 e. The second-order valence-corrected chi connectivity index (χ2v) is 6.06. The lowest BCUT2D eigenvalue weighted by Crippen LogP contribution is -2.33. The highest BCUT2D eigenvalue weighted by molar-refractivity contribution is 9.10. The van der Waals surface area contributed by atoms with Crippen molar-refractivity contribution < 1.29 is 9.18 Å². The highest BCUT2D eigenvalue weighted by Gasteiger charge is 2.34. The van der Waals surface area contributed by atoms with Crippen LogP contribution in [0.1, 0.15) is 28.8 Å². The van der Waals surface area contributed by atoms with Crippen molar-refractivity contribution in [2.24, 2.45) is 0 Å². The second kappa shape index (κ2) is 5.93. The summed E-state index contributed by atoms with van der Waals surface area (Å²) in [5.74, 6) is -0.739. The van der Waals surface area contributed by atoms with Crippen LogP contribution in [0.2, 0.25) is 0 Å². The lowest BCUT2D eigenvalue weighted by Gasteiger charge is -2.23. The van der Waals surface area contributed by atoms with Crippen LogP contribution < -0.4 is 0 Å². The lowest BCUT2D eigenvalue weighted by atomic mass is 10.1. The molecule has 0 radical (unpaired) electrons. The monoisotopic (exact) mass is 348 g/mol. The van der Waals surface area contributed by atoms with Gasteiger partial charge in [0.25, 0.3) is 5.91 Å². The summed E-state index contributed by atoms with van der Waals surface area (Å²) in [5.41, 5.74) is 1.12. The minimum atomic E-state index is -0.483. The molecule has 0 unspecified atom stereocenters. The molecular weight excluding hydrogens is 335 g/mol. The maximum atomic E-state index is 13.9. The van der Waals surface area contributed by atoms with Crippen molar-refractivity contribution in [1.29, 1.82) is 0 Å². The highest BCUT2D eigenvalue weighted by Crippen LogP contribution is 2.30. The number of hydrogen-bond donors (Lipinski definition) is 0. The number of carbonyl (C=O) groups excluding carboxylic acids is 1. The summed E-state index contributed by atoms with van der Waals surface area (Å²) in [6.07, 6.45) is 5.36. The molecule has 0 spiro atoms. The number of pyridine rings is 1. The van der Waals surface area contributed by atoms with Crippen LogP contribution in [0.15, 0.2) is 47.2 Å². The van der Waals surface area contributed by atoms with Crippen molar-refractivity contribution in [2.75, 3.05) is 0 Å². The van der Waals surface area contributed by atoms with Crippen LogP contribution in [-0.4, -0.2) is 21.8 Å². The summed E-state index contributed by atoms with van der Waals surface area (Å²) >= 11 is 3.29. The van der Waals surface area contributed by atoms with Crippen LogP contribution in [0, 0.1) is 5.82 Å². The molecule has 3 rings (SSSR count). The Morgan fingerprint density at radius 3 is 2.67 bits per heavy atom. The van der Waals surface area contributed by atoms with Crippen LogP contribution in [0.5, 0.6) is 0 Å². The standard InChI is InChI=1S/C16H14BrFN2O/c17-12-1-4-15(18)14(9-12)16(21)20(13-2-3-13)10-11-5-7-19-8-6-11/h1,4-9,13H,2-3,10H2. The molecule has 0 N–H and O–H groups in total. The van der Waals surface area contributed by atoms with Gasteiger partial charge < -0.3 is 4.90 Å². The first-order valence-corrected chi connectivity index (χ1v) is 7.59. The molecule has 21 heavy (non-hydrogen) atoms. The summed E-state index contributed by atoms with van der Waals surface area (Å²) in [6, 6.07) is 8.41. The van der Waals surface area contributed by atoms with Crippen LogP contribution in [0.25, 0.3) is 0 Å². The Morgan fingerprint density at radius 2 is 2.00 bits per heavy atom. The first-order chi connectivity index (χ1) is 10.1. The number of hydrogen-bond acceptors (Lipinski definition) is 2. The second-order valence-electron chi connectivity index (χ2n) is 5.14. The van der Waals surface area contributed by atoms with E-state index in [1.165, 1.54) is 6.07 Å². The van der Waals surface area contributed by atoms with Crippen molar-refractivity contribution in [2.45, 2.75) is 25.4 Å². The van der Waals surface area contributed by atoms with Gasteiger partial charge in [0.05, 0.1) is 5.56 Å². The van der Waals surface area contributed by atoms with Crippen LogP contribution in [-0.2, 0) is 6.54 Å². The Hall–Kier alpha value is -1.75. The molecule has 1 saturated carbocycles. The van der Waals surface area contributed by atoms with Gasteiger partial charge in [-0.25, -0.2) is 4.39 Å². The molecular formula is C16H14BrFN2O. The van der Waals surface area contributed by atoms with Gasteiger partial charge in [0.1, 0.15) is 5.82 Å². The molecule has 5 heteroatoms. The molecule has 1 aromatic carbocycles. The first kappa shape index (κ1) is 14.2. The van der Waals surface area contributed by atoms with Gasteiger partial charge in [-0.2, -0.15) is 0 Å². The summed E-state index contributed by atoms with van der Waals surface area (Å²) in [4.78, 5) is 18.4. The van der Waals surface area contributed by atoms with Crippen molar-refractivity contribution in [1.82, 2.24) is 9.88 Å². The van der Waals surface area contributed by atoms with Gasteiger partial charge in [-0.15, -0.1) is 0 Å². The average molecular weight is 349 g/mol. The molecule has 1 amide bonds. The number of nitrogens with zero attached hydrogens (tertiary/aromatic N) is 2. The van der Waals surface area contributed by atoms with E-state index in [4.69, 9.17) is 0 Å². The lowest BCUT2D eigenvalue weighted by molar-refractivity contribution is 0.0725. The normalized spacial score (nSPS) is 14.0. The van der Waals surface area contributed by atoms with Gasteiger partial charge >= 0.3 is 0 Å². The molecule has 3 nitrogen and oxygen atoms in total. The van der Waals surface area contributed by atoms with Gasteiger partial charge in [0, 0.05) is 29.5 Å². The van der Waals surface area contributed by atoms with Crippen LogP contribution in [0.3, 0.4) is 0 Å². The van der Waals surface area contributed by atoms with Crippen molar-refractivity contribution in [3.63, 3.8) is 0 Å². The van der Waals surface area contributed by atoms with E-state index >= 15 is 0 Å². The van der Waals surface area contributed by atoms with E-state index in [2.05, 4.69) is 20.9 Å². The minimum absolute atomic E-state index is 0.116. The molecule has 1 aromatic heterocycles. The summed E-state index contributed by atoms with van der Waals surface area (Å²) < 4.78 is 14.6. The Kier molecular flexibility index (Phi) is 4.01. The number of halogens is 2. The molecule has 1 aliphatic rings. The number of rotatable bonds is 4. The Bertz CT molecular complexity index is 659. The molecule has 1 aliphatic carbocycles. The van der Waals surface area contributed by atoms with Crippen LogP contribution in [0.4, 0.5) is 4.39 Å². The van der Waals surface area contributed by atoms with E-state index in [1.807, 2.05) is 12.1 Å². The Labute approximate surface area is 130 Å². The van der Waals surface area contributed by atoms with Gasteiger partial charge in [0.2, 0.25) is 0 Å². The number of carbonyl (C=O) groups is 1. The molecule has 1 heterocycles. The zero-order valence-electron chi connectivity index (χ0n) is 11.3. The third-order valence-electron chi connectivity index (χ3n) is 3.51. The third-order valence-corrected chi connectivity index (χ3v) is 4.00. The van der Waals surface area contributed by atoms with Crippen molar-refractivity contribution in [3.05, 3.63) is 64.1 Å². The van der Waals surface area contributed by atoms with Gasteiger partial charge in [-0.05, 0) is 48.7 Å². The average Bonchev–Trinajstić information content (AvgIpc) is 3.32. The zero-order valence-corrected chi connectivity index (χ0v) is 12.9. The number of benzene rings is 1. The predicted molar refractivity (Wildman–Crippen MR) is 81.2 cm³/mol. The molecule has 2 aromatic rings. The fourth-order valence-electron chi connectivity index (χ4n) is 2.25. The topological polar surface area (TPSA) is 33.2 Å². The maximum Gasteiger partial charge on any atom is 0.257 e. The molecule has 108 valence electrons. The first-order valence-electron chi connectivity index (χ1n) is 6.80. The van der Waals surface area contributed by atoms with Crippen molar-refractivity contribution >= 4 is 21.8 Å². The smallest absolute Gasteiger partial charge is 0.257 e. The van der Waals surface area contributed by atoms with E-state index in [1.54, 1.807) is 29.4 Å². The van der Waals surface area contributed by atoms with Gasteiger partial charge in [-0.1, -0.05) is 15.9 Å². The quantitative estimate of drug-likeness (QED) is 0.842. The Morgan fingerprint density at radius 1 is 1.29 bits per heavy atom. The van der Waals surface area contributed by atoms with E-state index in [0.29, 0.717) is 11.0 Å². The fourth-order valence-corrected chi connectivity index (χ4v) is 2.62. The maximum absolute atomic E-state index is 13.9. The fraction of sp³-hybridized carbons (Fsp3) is 0.250. The van der Waals surface area contributed by atoms with E-state index in [9.17, 15) is 9.18 Å². The van der Waals surface area contributed by atoms with Crippen molar-refractivity contribution in [3.8, 4) is 0 Å². The zero-order chi connectivity index (χ0) is 14.8. The Balaban J connectivity index is 1.87. The SMILES string of the molecule is O=C(c1cc(Br)ccc1F)N(Cc1ccncc1)C1CC1. The molecule has 1 fully saturated rings. The molecule has 0 atom stereocenters. The largest absolute Gasteiger partial charge is 0.331 e. The van der Waals surface area contributed by atoms with E-state index in [-0.39, 0.29) is 17.5 Å². The third kappa shape index (κ3) is 3.29. The predicted octanol–water partition coefficient (Wildman–Crippen LogP) is 3.79. The summed E-state index contributed by atoms with van der Waals surface area (Å²) in [6.45, 7) is 0.484. The van der Waals surface area contributed by atoms with Crippen LogP contribution >= 0.6 is 15.9 Å². The van der Waals surface area contributed by atoms with Gasteiger partial charge in [0.15, 0.2) is 0 Å². The summed E-state index contributed by atoms with van der Waals surface area (Å²) in [7, 11) is 0. The van der Waals surface area contributed by atoms with E-state index in [0.717, 1.165) is 18.4 Å². The summed E-state index contributed by atoms with van der Waals surface area (Å²) in [5, 5.41) is 0. The number of amides is 1. The molecule has 0 aliphatic heterocycles.